The van der Waals surface area contributed by atoms with Gasteiger partial charge >= 0.3 is 0 Å². The lowest BCUT2D eigenvalue weighted by Crippen LogP contribution is -2.43. The molecule has 17 heavy (non-hydrogen) atoms. The summed E-state index contributed by atoms with van der Waals surface area (Å²) in [6.45, 7) is 8.59. The lowest BCUT2D eigenvalue weighted by atomic mass is 10.2. The highest BCUT2D eigenvalue weighted by atomic mass is 32.2. The van der Waals surface area contributed by atoms with Gasteiger partial charge in [0.05, 0.1) is 28.0 Å². The molecule has 96 valence electrons. The molecular formula is C11H19NO2S2Si. The Labute approximate surface area is 110 Å². The third-order valence-electron chi connectivity index (χ3n) is 2.56. The van der Waals surface area contributed by atoms with Crippen LogP contribution in [0.15, 0.2) is 4.21 Å². The fourth-order valence-corrected chi connectivity index (χ4v) is 7.42. The van der Waals surface area contributed by atoms with E-state index >= 15 is 0 Å². The summed E-state index contributed by atoms with van der Waals surface area (Å²) in [4.78, 5) is 12.1. The number of hydrogen-bond acceptors (Lipinski definition) is 3. The average molecular weight is 289 g/mol. The van der Waals surface area contributed by atoms with Gasteiger partial charge in [-0.25, -0.2) is 0 Å². The van der Waals surface area contributed by atoms with Gasteiger partial charge in [0.2, 0.25) is 0 Å². The average Bonchev–Trinajstić information content (AvgIpc) is 2.55. The van der Waals surface area contributed by atoms with Gasteiger partial charge in [0.25, 0.3) is 5.91 Å². The monoisotopic (exact) mass is 289 g/mol. The Balaban J connectivity index is 3.63. The first-order valence-electron chi connectivity index (χ1n) is 5.49. The molecule has 0 aromatic carbocycles. The number of amides is 1. The summed E-state index contributed by atoms with van der Waals surface area (Å²) in [5, 5.41) is 1.10. The van der Waals surface area contributed by atoms with Crippen LogP contribution in [-0.2, 0) is 17.2 Å². The molecule has 0 aliphatic heterocycles. The zero-order valence-electron chi connectivity index (χ0n) is 10.9. The van der Waals surface area contributed by atoms with Gasteiger partial charge in [0, 0.05) is 6.26 Å². The molecule has 1 aromatic rings. The Bertz CT molecular complexity index is 475. The molecule has 6 heteroatoms. The molecule has 0 aliphatic rings. The normalized spacial score (nSPS) is 13.7. The molecule has 1 aromatic heterocycles. The van der Waals surface area contributed by atoms with Crippen molar-refractivity contribution in [2.45, 2.75) is 37.2 Å². The summed E-state index contributed by atoms with van der Waals surface area (Å²) in [6, 6.07) is 0. The van der Waals surface area contributed by atoms with Crippen molar-refractivity contribution in [1.82, 2.24) is 0 Å². The van der Waals surface area contributed by atoms with Crippen LogP contribution in [-0.4, -0.2) is 24.4 Å². The first-order valence-corrected chi connectivity index (χ1v) is 11.4. The van der Waals surface area contributed by atoms with Gasteiger partial charge in [-0.1, -0.05) is 26.6 Å². The second kappa shape index (κ2) is 5.03. The molecule has 0 aliphatic carbocycles. The summed E-state index contributed by atoms with van der Waals surface area (Å²) >= 11 is 1.31. The molecular weight excluding hydrogens is 270 g/mol. The maximum absolute atomic E-state index is 11.7. The molecule has 0 bridgehead atoms. The largest absolute Gasteiger partial charge is 0.365 e. The maximum atomic E-state index is 11.7. The van der Waals surface area contributed by atoms with Crippen molar-refractivity contribution in [2.24, 2.45) is 5.73 Å². The van der Waals surface area contributed by atoms with Crippen molar-refractivity contribution in [1.29, 1.82) is 0 Å². The van der Waals surface area contributed by atoms with Crippen molar-refractivity contribution in [3.63, 3.8) is 0 Å². The van der Waals surface area contributed by atoms with Gasteiger partial charge in [-0.2, -0.15) is 0 Å². The van der Waals surface area contributed by atoms with E-state index in [0.717, 1.165) is 21.4 Å². The van der Waals surface area contributed by atoms with Crippen molar-refractivity contribution >= 4 is 41.3 Å². The molecule has 1 atom stereocenters. The second-order valence-electron chi connectivity index (χ2n) is 4.99. The molecule has 1 unspecified atom stereocenters. The van der Waals surface area contributed by atoms with E-state index in [1.54, 1.807) is 6.26 Å². The highest BCUT2D eigenvalue weighted by Gasteiger charge is 2.30. The van der Waals surface area contributed by atoms with Crippen LogP contribution in [0.1, 0.15) is 22.2 Å². The predicted octanol–water partition coefficient (Wildman–Crippen LogP) is 1.69. The van der Waals surface area contributed by atoms with Gasteiger partial charge in [0.1, 0.15) is 0 Å². The molecule has 0 radical (unpaired) electrons. The molecule has 0 saturated carbocycles. The molecule has 2 N–H and O–H groups in total. The fraction of sp³-hybridized carbons (Fsp3) is 0.545. The standard InChI is InChI=1S/C11H19NO2S2Si/c1-6-7-9(17(3,4)5)8(10(12)13)15-11(7)16(2)14/h6H2,1-5H3,(H2,12,13). The number of nitrogens with two attached hydrogens (primary N) is 1. The molecule has 0 spiro atoms. The number of thiophene rings is 1. The third-order valence-corrected chi connectivity index (χ3v) is 7.56. The number of carbonyl (C=O) groups excluding carboxylic acids is 1. The number of rotatable bonds is 4. The van der Waals surface area contributed by atoms with Crippen LogP contribution in [0.3, 0.4) is 0 Å². The lowest BCUT2D eigenvalue weighted by Gasteiger charge is -2.19. The van der Waals surface area contributed by atoms with Crippen LogP contribution in [0.4, 0.5) is 0 Å². The van der Waals surface area contributed by atoms with E-state index in [2.05, 4.69) is 19.6 Å². The lowest BCUT2D eigenvalue weighted by molar-refractivity contribution is 0.100. The minimum Gasteiger partial charge on any atom is -0.365 e. The SMILES string of the molecule is CCc1c(S(C)=O)sc(C(N)=O)c1[Si](C)(C)C. The maximum Gasteiger partial charge on any atom is 0.258 e. The van der Waals surface area contributed by atoms with Crippen molar-refractivity contribution in [3.8, 4) is 0 Å². The van der Waals surface area contributed by atoms with E-state index in [9.17, 15) is 9.00 Å². The molecule has 1 amide bonds. The Morgan fingerprint density at radius 1 is 1.41 bits per heavy atom. The fourth-order valence-electron chi connectivity index (χ4n) is 1.96. The summed E-state index contributed by atoms with van der Waals surface area (Å²) in [5.74, 6) is -0.390. The summed E-state index contributed by atoms with van der Waals surface area (Å²) in [6.07, 6.45) is 2.46. The van der Waals surface area contributed by atoms with Crippen LogP contribution in [0.25, 0.3) is 0 Å². The summed E-state index contributed by atoms with van der Waals surface area (Å²) in [5.41, 5.74) is 6.53. The van der Waals surface area contributed by atoms with Gasteiger partial charge in [0.15, 0.2) is 0 Å². The highest BCUT2D eigenvalue weighted by molar-refractivity contribution is 7.86. The first-order chi connectivity index (χ1) is 7.70. The Morgan fingerprint density at radius 3 is 2.24 bits per heavy atom. The third kappa shape index (κ3) is 2.86. The van der Waals surface area contributed by atoms with Gasteiger partial charge < -0.3 is 5.73 Å². The minimum absolute atomic E-state index is 0.390. The van der Waals surface area contributed by atoms with Crippen molar-refractivity contribution < 1.29 is 9.00 Å². The van der Waals surface area contributed by atoms with Crippen molar-refractivity contribution in [3.05, 3.63) is 10.4 Å². The zero-order chi connectivity index (χ0) is 13.4. The van der Waals surface area contributed by atoms with Crippen LogP contribution in [0, 0.1) is 0 Å². The molecule has 1 heterocycles. The summed E-state index contributed by atoms with van der Waals surface area (Å²) < 4.78 is 12.5. The smallest absolute Gasteiger partial charge is 0.258 e. The number of primary amides is 1. The molecule has 3 nitrogen and oxygen atoms in total. The first kappa shape index (κ1) is 14.6. The van der Waals surface area contributed by atoms with Crippen LogP contribution in [0.5, 0.6) is 0 Å². The number of hydrogen-bond donors (Lipinski definition) is 1. The van der Waals surface area contributed by atoms with Crippen LogP contribution >= 0.6 is 11.3 Å². The zero-order valence-corrected chi connectivity index (χ0v) is 13.6. The quantitative estimate of drug-likeness (QED) is 0.858. The Morgan fingerprint density at radius 2 is 1.94 bits per heavy atom. The topological polar surface area (TPSA) is 60.2 Å². The van der Waals surface area contributed by atoms with Gasteiger partial charge in [-0.3, -0.25) is 9.00 Å². The van der Waals surface area contributed by atoms with E-state index in [1.165, 1.54) is 11.3 Å². The Hall–Kier alpha value is -0.463. The molecule has 0 fully saturated rings. The van der Waals surface area contributed by atoms with Crippen LogP contribution in [0.2, 0.25) is 19.6 Å². The van der Waals surface area contributed by atoms with E-state index in [4.69, 9.17) is 5.73 Å². The number of carbonyl (C=O) groups is 1. The van der Waals surface area contributed by atoms with Gasteiger partial charge in [-0.05, 0) is 17.2 Å². The second-order valence-corrected chi connectivity index (χ2v) is 12.6. The van der Waals surface area contributed by atoms with E-state index in [-0.39, 0.29) is 5.91 Å². The van der Waals surface area contributed by atoms with E-state index < -0.39 is 18.9 Å². The van der Waals surface area contributed by atoms with E-state index in [0.29, 0.717) is 4.88 Å². The van der Waals surface area contributed by atoms with Crippen molar-refractivity contribution in [2.75, 3.05) is 6.26 Å². The summed E-state index contributed by atoms with van der Waals surface area (Å²) in [7, 11) is -2.70. The predicted molar refractivity (Wildman–Crippen MR) is 77.5 cm³/mol. The Kier molecular flexibility index (Phi) is 4.32. The highest BCUT2D eigenvalue weighted by Crippen LogP contribution is 2.27. The molecule has 1 rings (SSSR count). The van der Waals surface area contributed by atoms with Crippen LogP contribution < -0.4 is 10.9 Å². The van der Waals surface area contributed by atoms with Gasteiger partial charge in [-0.15, -0.1) is 11.3 Å². The minimum atomic E-state index is -1.66. The molecule has 0 saturated heterocycles. The van der Waals surface area contributed by atoms with E-state index in [1.807, 2.05) is 6.92 Å².